The lowest BCUT2D eigenvalue weighted by Gasteiger charge is -2.21. The summed E-state index contributed by atoms with van der Waals surface area (Å²) in [5.41, 5.74) is 2.00. The zero-order valence-corrected chi connectivity index (χ0v) is 21.9. The fourth-order valence-corrected chi connectivity index (χ4v) is 7.04. The molecule has 35 heavy (non-hydrogen) atoms. The summed E-state index contributed by atoms with van der Waals surface area (Å²) >= 11 is 2.45. The summed E-state index contributed by atoms with van der Waals surface area (Å²) in [6.45, 7) is 9.89. The van der Waals surface area contributed by atoms with Gasteiger partial charge in [0.05, 0.1) is 10.4 Å². The average molecular weight is 524 g/mol. The minimum Gasteiger partial charge on any atom is -0.456 e. The number of fused-ring (bicyclic) bond motifs is 2. The lowest BCUT2D eigenvalue weighted by Crippen LogP contribution is -2.31. The Morgan fingerprint density at radius 3 is 2.57 bits per heavy atom. The molecule has 0 saturated heterocycles. The highest BCUT2D eigenvalue weighted by Crippen LogP contribution is 2.42. The van der Waals surface area contributed by atoms with E-state index in [9.17, 15) is 18.4 Å². The van der Waals surface area contributed by atoms with Crippen molar-refractivity contribution in [3.05, 3.63) is 49.5 Å². The molecule has 0 fully saturated rings. The van der Waals surface area contributed by atoms with Crippen molar-refractivity contribution in [3.63, 3.8) is 0 Å². The lowest BCUT2D eigenvalue weighted by atomic mass is 9.95. The summed E-state index contributed by atoms with van der Waals surface area (Å²) in [4.78, 5) is 27.8. The van der Waals surface area contributed by atoms with Gasteiger partial charge in [0, 0.05) is 22.8 Å². The third-order valence-corrected chi connectivity index (χ3v) is 8.59. The van der Waals surface area contributed by atoms with Crippen LogP contribution < -0.4 is 16.0 Å². The summed E-state index contributed by atoms with van der Waals surface area (Å²) in [5, 5.41) is 9.18. The zero-order valence-electron chi connectivity index (χ0n) is 20.2. The van der Waals surface area contributed by atoms with E-state index < -0.39 is 23.5 Å². The van der Waals surface area contributed by atoms with Crippen LogP contribution >= 0.6 is 22.7 Å². The molecule has 0 radical (unpaired) electrons. The number of carbonyl (C=O) groups excluding carboxylic acids is 2. The molecule has 1 aliphatic carbocycles. The minimum absolute atomic E-state index is 0.0384. The first-order chi connectivity index (χ1) is 16.5. The molecule has 0 bridgehead atoms. The summed E-state index contributed by atoms with van der Waals surface area (Å²) in [6, 6.07) is -0.546. The first kappa shape index (κ1) is 25.8. The number of hydrogen-bond acceptors (Lipinski definition) is 6. The van der Waals surface area contributed by atoms with Crippen LogP contribution in [0.1, 0.15) is 75.3 Å². The molecular formula is C25H31F2N3O3S2. The SMILES string of the molecule is C=CC(F)(F)c1sc2c(c1CNC(=O)Nc1sc3c(c1C(=O)OC(C)(C)C)CCCC3)CCNC2. The van der Waals surface area contributed by atoms with Gasteiger partial charge < -0.3 is 15.4 Å². The summed E-state index contributed by atoms with van der Waals surface area (Å²) in [7, 11) is 0. The van der Waals surface area contributed by atoms with Crippen LogP contribution in [-0.4, -0.2) is 24.1 Å². The van der Waals surface area contributed by atoms with Gasteiger partial charge in [-0.3, -0.25) is 5.32 Å². The van der Waals surface area contributed by atoms with Gasteiger partial charge in [0.1, 0.15) is 10.6 Å². The van der Waals surface area contributed by atoms with E-state index in [4.69, 9.17) is 4.74 Å². The Morgan fingerprint density at radius 2 is 1.86 bits per heavy atom. The van der Waals surface area contributed by atoms with Crippen LogP contribution in [0.2, 0.25) is 0 Å². The number of carbonyl (C=O) groups is 2. The number of ether oxygens (including phenoxy) is 1. The number of rotatable bonds is 6. The number of esters is 1. The highest BCUT2D eigenvalue weighted by atomic mass is 32.1. The van der Waals surface area contributed by atoms with Gasteiger partial charge in [-0.15, -0.1) is 22.7 Å². The van der Waals surface area contributed by atoms with Crippen molar-refractivity contribution in [2.75, 3.05) is 11.9 Å². The van der Waals surface area contributed by atoms with Gasteiger partial charge in [0.15, 0.2) is 0 Å². The number of thiophene rings is 2. The number of alkyl halides is 2. The topological polar surface area (TPSA) is 79.5 Å². The van der Waals surface area contributed by atoms with Crippen LogP contribution in [0.15, 0.2) is 12.7 Å². The molecule has 3 N–H and O–H groups in total. The van der Waals surface area contributed by atoms with Crippen molar-refractivity contribution >= 4 is 39.7 Å². The maximum atomic E-state index is 14.6. The van der Waals surface area contributed by atoms with Crippen LogP contribution in [-0.2, 0) is 43.0 Å². The van der Waals surface area contributed by atoms with Gasteiger partial charge in [-0.2, -0.15) is 8.78 Å². The van der Waals surface area contributed by atoms with Crippen LogP contribution in [0.4, 0.5) is 18.6 Å². The number of nitrogens with one attached hydrogen (secondary N) is 3. The molecule has 1 aliphatic heterocycles. The molecule has 2 aliphatic rings. The van der Waals surface area contributed by atoms with Gasteiger partial charge in [0.2, 0.25) is 0 Å². The number of anilines is 1. The van der Waals surface area contributed by atoms with Crippen LogP contribution in [0.5, 0.6) is 0 Å². The Bertz CT molecular complexity index is 1150. The largest absolute Gasteiger partial charge is 0.456 e. The Balaban J connectivity index is 1.55. The first-order valence-corrected chi connectivity index (χ1v) is 13.4. The third-order valence-electron chi connectivity index (χ3n) is 6.02. The average Bonchev–Trinajstić information content (AvgIpc) is 3.35. The van der Waals surface area contributed by atoms with Gasteiger partial charge in [-0.1, -0.05) is 6.58 Å². The molecule has 4 rings (SSSR count). The molecule has 6 nitrogen and oxygen atoms in total. The predicted molar refractivity (Wildman–Crippen MR) is 136 cm³/mol. The van der Waals surface area contributed by atoms with Gasteiger partial charge in [-0.05, 0) is 82.2 Å². The molecule has 3 heterocycles. The maximum Gasteiger partial charge on any atom is 0.341 e. The van der Waals surface area contributed by atoms with Crippen LogP contribution in [0.25, 0.3) is 0 Å². The molecule has 190 valence electrons. The second kappa shape index (κ2) is 9.99. The van der Waals surface area contributed by atoms with Gasteiger partial charge >= 0.3 is 17.9 Å². The Labute approximate surface area is 212 Å². The number of hydrogen-bond donors (Lipinski definition) is 3. The van der Waals surface area contributed by atoms with Crippen LogP contribution in [0, 0.1) is 0 Å². The number of halogens is 2. The number of urea groups is 1. The highest BCUT2D eigenvalue weighted by molar-refractivity contribution is 7.17. The standard InChI is InChI=1S/C25H31F2N3O3S2/c1-5-25(26,27)20-16(14-10-11-28-13-18(14)34-20)12-29-23(32)30-21-19(22(31)33-24(2,3)4)15-8-6-7-9-17(15)35-21/h5,28H,1,6-13H2,2-4H3,(H2,29,30,32). The Morgan fingerprint density at radius 1 is 1.11 bits per heavy atom. The van der Waals surface area contributed by atoms with Crippen molar-refractivity contribution in [1.82, 2.24) is 10.6 Å². The molecule has 2 aromatic rings. The van der Waals surface area contributed by atoms with E-state index in [1.165, 1.54) is 11.3 Å². The third kappa shape index (κ3) is 5.59. The van der Waals surface area contributed by atoms with E-state index in [1.54, 1.807) is 20.8 Å². The molecule has 0 aromatic carbocycles. The summed E-state index contributed by atoms with van der Waals surface area (Å²) in [6.07, 6.45) is 4.89. The van der Waals surface area contributed by atoms with E-state index in [2.05, 4.69) is 22.5 Å². The fourth-order valence-electron chi connectivity index (χ4n) is 4.46. The summed E-state index contributed by atoms with van der Waals surface area (Å²) < 4.78 is 34.8. The second-order valence-corrected chi connectivity index (χ2v) is 12.0. The molecule has 0 unspecified atom stereocenters. The van der Waals surface area contributed by atoms with Crippen molar-refractivity contribution in [3.8, 4) is 0 Å². The normalized spacial score (nSPS) is 15.7. The number of allylic oxidation sites excluding steroid dienone is 1. The van der Waals surface area contributed by atoms with E-state index in [-0.39, 0.29) is 11.4 Å². The second-order valence-electron chi connectivity index (χ2n) is 9.79. The maximum absolute atomic E-state index is 14.6. The molecule has 0 saturated carbocycles. The number of amides is 2. The van der Waals surface area contributed by atoms with Crippen molar-refractivity contribution in [1.29, 1.82) is 0 Å². The molecule has 2 amide bonds. The Hall–Kier alpha value is -2.30. The molecular weight excluding hydrogens is 492 g/mol. The number of aryl methyl sites for hydroxylation is 1. The molecule has 0 atom stereocenters. The van der Waals surface area contributed by atoms with E-state index in [0.717, 1.165) is 57.9 Å². The van der Waals surface area contributed by atoms with Crippen molar-refractivity contribution < 1.29 is 23.1 Å². The monoisotopic (exact) mass is 523 g/mol. The van der Waals surface area contributed by atoms with Crippen molar-refractivity contribution in [2.24, 2.45) is 0 Å². The minimum atomic E-state index is -3.17. The predicted octanol–water partition coefficient (Wildman–Crippen LogP) is 5.89. The first-order valence-electron chi connectivity index (χ1n) is 11.8. The molecule has 2 aromatic heterocycles. The molecule has 10 heteroatoms. The van der Waals surface area contributed by atoms with E-state index in [1.807, 2.05) is 0 Å². The lowest BCUT2D eigenvalue weighted by molar-refractivity contribution is 0.00697. The highest BCUT2D eigenvalue weighted by Gasteiger charge is 2.36. The van der Waals surface area contributed by atoms with Crippen LogP contribution in [0.3, 0.4) is 0 Å². The van der Waals surface area contributed by atoms with Crippen molar-refractivity contribution in [2.45, 2.75) is 77.5 Å². The fraction of sp³-hybridized carbons (Fsp3) is 0.520. The zero-order chi connectivity index (χ0) is 25.4. The smallest absolute Gasteiger partial charge is 0.341 e. The van der Waals surface area contributed by atoms with Gasteiger partial charge in [-0.25, -0.2) is 9.59 Å². The Kier molecular flexibility index (Phi) is 7.36. The van der Waals surface area contributed by atoms with E-state index >= 15 is 0 Å². The molecule has 0 spiro atoms. The summed E-state index contributed by atoms with van der Waals surface area (Å²) in [5.74, 6) is -3.63. The quantitative estimate of drug-likeness (QED) is 0.326. The van der Waals surface area contributed by atoms with E-state index in [0.29, 0.717) is 41.7 Å². The van der Waals surface area contributed by atoms with Gasteiger partial charge in [0.25, 0.3) is 0 Å².